The highest BCUT2D eigenvalue weighted by Crippen LogP contribution is 2.06. The fourth-order valence-electron chi connectivity index (χ4n) is 1.73. The first-order valence-electron chi connectivity index (χ1n) is 7.73. The molecule has 0 aliphatic heterocycles. The van der Waals surface area contributed by atoms with Crippen LogP contribution in [0.1, 0.15) is 53.4 Å². The average molecular weight is 284 g/mol. The first kappa shape index (κ1) is 18.7. The lowest BCUT2D eigenvalue weighted by atomic mass is 10.0. The number of guanidine groups is 1. The maximum Gasteiger partial charge on any atom is 0.221 e. The van der Waals surface area contributed by atoms with Crippen LogP contribution in [0.3, 0.4) is 0 Å². The predicted molar refractivity (Wildman–Crippen MR) is 85.9 cm³/mol. The van der Waals surface area contributed by atoms with E-state index in [2.05, 4.69) is 41.7 Å². The third-order valence-corrected chi connectivity index (χ3v) is 3.00. The summed E-state index contributed by atoms with van der Waals surface area (Å²) in [5.41, 5.74) is 0. The SMILES string of the molecule is CCCNC(=O)CCNC(=NC)NC(C)CCC(C)C. The Hall–Kier alpha value is -1.26. The van der Waals surface area contributed by atoms with E-state index in [0.29, 0.717) is 19.0 Å². The lowest BCUT2D eigenvalue weighted by Gasteiger charge is -2.18. The molecule has 20 heavy (non-hydrogen) atoms. The highest BCUT2D eigenvalue weighted by Gasteiger charge is 2.07. The molecule has 3 N–H and O–H groups in total. The Balaban J connectivity index is 3.84. The number of nitrogens with zero attached hydrogens (tertiary/aromatic N) is 1. The van der Waals surface area contributed by atoms with Gasteiger partial charge in [0, 0.05) is 32.6 Å². The quantitative estimate of drug-likeness (QED) is 0.447. The fraction of sp³-hybridized carbons (Fsp3) is 0.867. The summed E-state index contributed by atoms with van der Waals surface area (Å²) in [6.45, 7) is 10.0. The Morgan fingerprint density at radius 2 is 1.80 bits per heavy atom. The van der Waals surface area contributed by atoms with Crippen LogP contribution in [0.15, 0.2) is 4.99 Å². The molecule has 5 nitrogen and oxygen atoms in total. The van der Waals surface area contributed by atoms with Crippen molar-refractivity contribution in [3.8, 4) is 0 Å². The average Bonchev–Trinajstić information content (AvgIpc) is 2.41. The van der Waals surface area contributed by atoms with Crippen LogP contribution >= 0.6 is 0 Å². The van der Waals surface area contributed by atoms with Crippen molar-refractivity contribution in [3.63, 3.8) is 0 Å². The minimum absolute atomic E-state index is 0.0858. The van der Waals surface area contributed by atoms with E-state index in [1.807, 2.05) is 6.92 Å². The molecule has 0 aliphatic rings. The van der Waals surface area contributed by atoms with Gasteiger partial charge in [-0.15, -0.1) is 0 Å². The van der Waals surface area contributed by atoms with E-state index in [0.717, 1.165) is 31.3 Å². The lowest BCUT2D eigenvalue weighted by Crippen LogP contribution is -2.43. The predicted octanol–water partition coefficient (Wildman–Crippen LogP) is 1.89. The van der Waals surface area contributed by atoms with Gasteiger partial charge in [0.2, 0.25) is 5.91 Å². The van der Waals surface area contributed by atoms with E-state index in [9.17, 15) is 4.79 Å². The molecule has 0 spiro atoms. The summed E-state index contributed by atoms with van der Waals surface area (Å²) in [7, 11) is 1.75. The van der Waals surface area contributed by atoms with Crippen molar-refractivity contribution >= 4 is 11.9 Å². The summed E-state index contributed by atoms with van der Waals surface area (Å²) in [5, 5.41) is 9.38. The molecular formula is C15H32N4O. The zero-order chi connectivity index (χ0) is 15.4. The number of hydrogen-bond acceptors (Lipinski definition) is 2. The molecule has 0 aromatic heterocycles. The smallest absolute Gasteiger partial charge is 0.221 e. The summed E-state index contributed by atoms with van der Waals surface area (Å²) >= 11 is 0. The number of amides is 1. The molecule has 0 aromatic rings. The molecule has 0 rings (SSSR count). The van der Waals surface area contributed by atoms with Crippen LogP contribution < -0.4 is 16.0 Å². The van der Waals surface area contributed by atoms with Crippen LogP contribution in [0.2, 0.25) is 0 Å². The summed E-state index contributed by atoms with van der Waals surface area (Å²) in [6, 6.07) is 0.387. The molecule has 0 aromatic carbocycles. The highest BCUT2D eigenvalue weighted by atomic mass is 16.1. The van der Waals surface area contributed by atoms with Crippen LogP contribution in [-0.2, 0) is 4.79 Å². The molecule has 0 saturated heterocycles. The van der Waals surface area contributed by atoms with Gasteiger partial charge in [-0.1, -0.05) is 20.8 Å². The van der Waals surface area contributed by atoms with Crippen LogP contribution in [0.4, 0.5) is 0 Å². The highest BCUT2D eigenvalue weighted by molar-refractivity contribution is 5.81. The van der Waals surface area contributed by atoms with E-state index >= 15 is 0 Å². The van der Waals surface area contributed by atoms with Gasteiger partial charge in [-0.2, -0.15) is 0 Å². The number of aliphatic imine (C=N–C) groups is 1. The number of carbonyl (C=O) groups is 1. The lowest BCUT2D eigenvalue weighted by molar-refractivity contribution is -0.120. The number of carbonyl (C=O) groups excluding carboxylic acids is 1. The van der Waals surface area contributed by atoms with Gasteiger partial charge in [-0.3, -0.25) is 9.79 Å². The molecule has 0 saturated carbocycles. The van der Waals surface area contributed by atoms with Crippen LogP contribution in [0.5, 0.6) is 0 Å². The van der Waals surface area contributed by atoms with E-state index in [4.69, 9.17) is 0 Å². The first-order chi connectivity index (χ1) is 9.49. The molecule has 5 heteroatoms. The Labute approximate surface area is 124 Å². The van der Waals surface area contributed by atoms with Crippen molar-refractivity contribution in [1.82, 2.24) is 16.0 Å². The Bertz CT molecular complexity index is 290. The van der Waals surface area contributed by atoms with E-state index in [1.165, 1.54) is 6.42 Å². The van der Waals surface area contributed by atoms with Crippen molar-refractivity contribution < 1.29 is 4.79 Å². The molecule has 0 bridgehead atoms. The second-order valence-corrected chi connectivity index (χ2v) is 5.62. The monoisotopic (exact) mass is 284 g/mol. The molecule has 0 aliphatic carbocycles. The van der Waals surface area contributed by atoms with E-state index in [-0.39, 0.29) is 5.91 Å². The summed E-state index contributed by atoms with van der Waals surface area (Å²) in [4.78, 5) is 15.6. The van der Waals surface area contributed by atoms with Crippen LogP contribution in [0, 0.1) is 5.92 Å². The summed E-state index contributed by atoms with van der Waals surface area (Å²) < 4.78 is 0. The largest absolute Gasteiger partial charge is 0.356 e. The third kappa shape index (κ3) is 10.6. The number of rotatable bonds is 9. The van der Waals surface area contributed by atoms with Gasteiger partial charge in [0.25, 0.3) is 0 Å². The molecule has 0 heterocycles. The first-order valence-corrected chi connectivity index (χ1v) is 7.73. The Morgan fingerprint density at radius 3 is 2.35 bits per heavy atom. The Kier molecular flexibility index (Phi) is 10.8. The van der Waals surface area contributed by atoms with Gasteiger partial charge >= 0.3 is 0 Å². The Morgan fingerprint density at radius 1 is 1.10 bits per heavy atom. The van der Waals surface area contributed by atoms with Crippen molar-refractivity contribution in [2.45, 2.75) is 59.4 Å². The molecule has 118 valence electrons. The standard InChI is InChI=1S/C15H32N4O/c1-6-10-17-14(20)9-11-18-15(16-5)19-13(4)8-7-12(2)3/h12-13H,6-11H2,1-5H3,(H,17,20)(H2,16,18,19). The second-order valence-electron chi connectivity index (χ2n) is 5.62. The van der Waals surface area contributed by atoms with Gasteiger partial charge in [-0.25, -0.2) is 0 Å². The topological polar surface area (TPSA) is 65.5 Å². The minimum Gasteiger partial charge on any atom is -0.356 e. The zero-order valence-electron chi connectivity index (χ0n) is 13.8. The molecule has 0 radical (unpaired) electrons. The maximum absolute atomic E-state index is 11.5. The summed E-state index contributed by atoms with van der Waals surface area (Å²) in [6.07, 6.45) is 3.76. The van der Waals surface area contributed by atoms with Gasteiger partial charge in [0.1, 0.15) is 0 Å². The van der Waals surface area contributed by atoms with Crippen molar-refractivity contribution in [2.75, 3.05) is 20.1 Å². The van der Waals surface area contributed by atoms with Crippen molar-refractivity contribution in [2.24, 2.45) is 10.9 Å². The fourth-order valence-corrected chi connectivity index (χ4v) is 1.73. The van der Waals surface area contributed by atoms with E-state index < -0.39 is 0 Å². The van der Waals surface area contributed by atoms with Gasteiger partial charge in [-0.05, 0) is 32.1 Å². The van der Waals surface area contributed by atoms with Gasteiger partial charge in [0.05, 0.1) is 0 Å². The second kappa shape index (κ2) is 11.6. The van der Waals surface area contributed by atoms with Crippen LogP contribution in [-0.4, -0.2) is 38.0 Å². The third-order valence-electron chi connectivity index (χ3n) is 3.00. The molecule has 0 fully saturated rings. The molecule has 1 unspecified atom stereocenters. The van der Waals surface area contributed by atoms with Gasteiger partial charge in [0.15, 0.2) is 5.96 Å². The normalized spacial score (nSPS) is 13.2. The van der Waals surface area contributed by atoms with Crippen molar-refractivity contribution in [3.05, 3.63) is 0 Å². The molecular weight excluding hydrogens is 252 g/mol. The number of hydrogen-bond donors (Lipinski definition) is 3. The van der Waals surface area contributed by atoms with E-state index in [1.54, 1.807) is 7.05 Å². The van der Waals surface area contributed by atoms with Crippen LogP contribution in [0.25, 0.3) is 0 Å². The molecule has 1 atom stereocenters. The molecule has 1 amide bonds. The van der Waals surface area contributed by atoms with Crippen molar-refractivity contribution in [1.29, 1.82) is 0 Å². The van der Waals surface area contributed by atoms with Gasteiger partial charge < -0.3 is 16.0 Å². The minimum atomic E-state index is 0.0858. The summed E-state index contributed by atoms with van der Waals surface area (Å²) in [5.74, 6) is 1.57. The zero-order valence-corrected chi connectivity index (χ0v) is 13.8. The maximum atomic E-state index is 11.5. The number of nitrogens with one attached hydrogen (secondary N) is 3.